The fourth-order valence-electron chi connectivity index (χ4n) is 0.773. The lowest BCUT2D eigenvalue weighted by Gasteiger charge is -2.09. The quantitative estimate of drug-likeness (QED) is 0.795. The lowest BCUT2D eigenvalue weighted by atomic mass is 10.2. The van der Waals surface area contributed by atoms with Crippen molar-refractivity contribution in [2.24, 2.45) is 5.73 Å². The van der Waals surface area contributed by atoms with Crippen molar-refractivity contribution in [2.75, 3.05) is 0 Å². The Bertz CT molecular complexity index is 422. The van der Waals surface area contributed by atoms with E-state index in [1.165, 1.54) is 18.2 Å². The van der Waals surface area contributed by atoms with E-state index in [-0.39, 0.29) is 5.56 Å². The van der Waals surface area contributed by atoms with Crippen LogP contribution in [-0.2, 0) is 0 Å². The molecule has 0 atom stereocenters. The minimum atomic E-state index is -4.76. The molecule has 0 aliphatic rings. The first-order valence-corrected chi connectivity index (χ1v) is 3.99. The summed E-state index contributed by atoms with van der Waals surface area (Å²) in [5, 5.41) is 15.6. The Morgan fingerprint density at radius 1 is 1.41 bits per heavy atom. The third-order valence-corrected chi connectivity index (χ3v) is 1.23. The van der Waals surface area contributed by atoms with Gasteiger partial charge in [0, 0.05) is 0 Å². The normalized spacial score (nSPS) is 9.53. The number of para-hydroxylation sites is 1. The first-order valence-electron chi connectivity index (χ1n) is 3.99. The fourth-order valence-corrected chi connectivity index (χ4v) is 0.773. The molecule has 1 aromatic rings. The number of carboxylic acid groups (broad SMARTS) is 1. The molecule has 0 saturated heterocycles. The topological polar surface area (TPSA) is 96.3 Å². The number of carbonyl (C=O) groups is 1. The standard InChI is InChI=1S/C8H4F3NO.CH3NO2/c9-8(10,11)13-7-4-2-1-3-6(7)5-12;2-1(3)4/h1-4H;2H2,(H,3,4). The molecule has 5 nitrogen and oxygen atoms in total. The average molecular weight is 248 g/mol. The lowest BCUT2D eigenvalue weighted by Crippen LogP contribution is -2.17. The SMILES string of the molecule is N#Cc1ccccc1OC(F)(F)F.NC(=O)O. The molecule has 1 rings (SSSR count). The average Bonchev–Trinajstić information content (AvgIpc) is 2.15. The molecule has 0 unspecified atom stereocenters. The van der Waals surface area contributed by atoms with E-state index in [0.29, 0.717) is 0 Å². The van der Waals surface area contributed by atoms with Gasteiger partial charge in [-0.05, 0) is 12.1 Å². The minimum Gasteiger partial charge on any atom is -0.465 e. The molecule has 1 amide bonds. The van der Waals surface area contributed by atoms with Gasteiger partial charge in [0.2, 0.25) is 0 Å². The largest absolute Gasteiger partial charge is 0.573 e. The highest BCUT2D eigenvalue weighted by molar-refractivity contribution is 5.61. The molecule has 0 heterocycles. The molecule has 3 N–H and O–H groups in total. The maximum Gasteiger partial charge on any atom is 0.573 e. The van der Waals surface area contributed by atoms with Gasteiger partial charge in [-0.15, -0.1) is 13.2 Å². The van der Waals surface area contributed by atoms with Crippen molar-refractivity contribution in [3.8, 4) is 11.8 Å². The first kappa shape index (κ1) is 14.6. The summed E-state index contributed by atoms with van der Waals surface area (Å²) in [5.74, 6) is -0.475. The van der Waals surface area contributed by atoms with Crippen molar-refractivity contribution in [3.05, 3.63) is 29.8 Å². The highest BCUT2D eigenvalue weighted by atomic mass is 19.4. The van der Waals surface area contributed by atoms with Crippen molar-refractivity contribution in [1.82, 2.24) is 0 Å². The predicted molar refractivity (Wildman–Crippen MR) is 50.1 cm³/mol. The van der Waals surface area contributed by atoms with E-state index in [2.05, 4.69) is 10.5 Å². The van der Waals surface area contributed by atoms with Crippen LogP contribution in [0.3, 0.4) is 0 Å². The van der Waals surface area contributed by atoms with Gasteiger partial charge in [0.25, 0.3) is 0 Å². The lowest BCUT2D eigenvalue weighted by molar-refractivity contribution is -0.274. The summed E-state index contributed by atoms with van der Waals surface area (Å²) >= 11 is 0. The molecule has 92 valence electrons. The molecule has 0 aliphatic carbocycles. The molecular weight excluding hydrogens is 241 g/mol. The van der Waals surface area contributed by atoms with Crippen LogP contribution in [0.1, 0.15) is 5.56 Å². The molecule has 0 aromatic heterocycles. The first-order chi connectivity index (χ1) is 7.76. The number of alkyl halides is 3. The number of halogens is 3. The molecular formula is C9H7F3N2O3. The minimum absolute atomic E-state index is 0.139. The van der Waals surface area contributed by atoms with Gasteiger partial charge in [0.15, 0.2) is 0 Å². The molecule has 8 heteroatoms. The summed E-state index contributed by atoms with van der Waals surface area (Å²) in [6.45, 7) is 0. The number of nitriles is 1. The Balaban J connectivity index is 0.000000557. The Morgan fingerprint density at radius 2 is 1.88 bits per heavy atom. The van der Waals surface area contributed by atoms with Crippen LogP contribution in [0.15, 0.2) is 24.3 Å². The van der Waals surface area contributed by atoms with E-state index in [1.807, 2.05) is 0 Å². The summed E-state index contributed by atoms with van der Waals surface area (Å²) in [4.78, 5) is 8.78. The van der Waals surface area contributed by atoms with Gasteiger partial charge in [0.1, 0.15) is 11.8 Å². The van der Waals surface area contributed by atoms with Crippen LogP contribution in [0.25, 0.3) is 0 Å². The summed E-state index contributed by atoms with van der Waals surface area (Å²) < 4.78 is 38.8. The van der Waals surface area contributed by atoms with Crippen LogP contribution in [0, 0.1) is 11.3 Å². The van der Waals surface area contributed by atoms with Crippen molar-refractivity contribution in [2.45, 2.75) is 6.36 Å². The van der Waals surface area contributed by atoms with E-state index >= 15 is 0 Å². The van der Waals surface area contributed by atoms with E-state index in [9.17, 15) is 13.2 Å². The Labute approximate surface area is 93.8 Å². The van der Waals surface area contributed by atoms with E-state index in [4.69, 9.17) is 15.2 Å². The van der Waals surface area contributed by atoms with Gasteiger partial charge < -0.3 is 15.6 Å². The number of nitrogens with two attached hydrogens (primary N) is 1. The second-order valence-electron chi connectivity index (χ2n) is 2.49. The van der Waals surface area contributed by atoms with Crippen LogP contribution in [-0.4, -0.2) is 17.6 Å². The molecule has 0 saturated carbocycles. The van der Waals surface area contributed by atoms with Crippen molar-refractivity contribution >= 4 is 6.09 Å². The number of nitrogens with zero attached hydrogens (tertiary/aromatic N) is 1. The monoisotopic (exact) mass is 248 g/mol. The van der Waals surface area contributed by atoms with E-state index in [1.54, 1.807) is 6.07 Å². The molecule has 0 radical (unpaired) electrons. The highest BCUT2D eigenvalue weighted by Crippen LogP contribution is 2.25. The summed E-state index contributed by atoms with van der Waals surface area (Å²) in [5.41, 5.74) is 3.89. The van der Waals surface area contributed by atoms with Gasteiger partial charge in [-0.25, -0.2) is 4.79 Å². The second kappa shape index (κ2) is 6.22. The van der Waals surface area contributed by atoms with Crippen LogP contribution in [0.4, 0.5) is 18.0 Å². The summed E-state index contributed by atoms with van der Waals surface area (Å²) in [6.07, 6.45) is -6.09. The van der Waals surface area contributed by atoms with Gasteiger partial charge in [-0.3, -0.25) is 0 Å². The van der Waals surface area contributed by atoms with Gasteiger partial charge in [-0.1, -0.05) is 12.1 Å². The number of hydrogen-bond acceptors (Lipinski definition) is 3. The third-order valence-electron chi connectivity index (χ3n) is 1.23. The third kappa shape index (κ3) is 7.49. The number of ether oxygens (including phenoxy) is 1. The predicted octanol–water partition coefficient (Wildman–Crippen LogP) is 2.08. The molecule has 0 aliphatic heterocycles. The second-order valence-corrected chi connectivity index (χ2v) is 2.49. The summed E-state index contributed by atoms with van der Waals surface area (Å²) in [7, 11) is 0. The zero-order valence-corrected chi connectivity index (χ0v) is 8.23. The number of primary amides is 1. The van der Waals surface area contributed by atoms with E-state index < -0.39 is 18.2 Å². The molecule has 1 aromatic carbocycles. The molecule has 17 heavy (non-hydrogen) atoms. The van der Waals surface area contributed by atoms with Crippen molar-refractivity contribution in [3.63, 3.8) is 0 Å². The molecule has 0 bridgehead atoms. The Morgan fingerprint density at radius 3 is 2.29 bits per heavy atom. The molecule has 0 spiro atoms. The Hall–Kier alpha value is -2.43. The summed E-state index contributed by atoms with van der Waals surface area (Å²) in [6, 6.07) is 6.76. The number of amides is 1. The van der Waals surface area contributed by atoms with Crippen LogP contribution in [0.2, 0.25) is 0 Å². The van der Waals surface area contributed by atoms with Crippen LogP contribution >= 0.6 is 0 Å². The highest BCUT2D eigenvalue weighted by Gasteiger charge is 2.31. The van der Waals surface area contributed by atoms with Crippen LogP contribution in [0.5, 0.6) is 5.75 Å². The maximum atomic E-state index is 11.7. The van der Waals surface area contributed by atoms with Crippen molar-refractivity contribution < 1.29 is 27.8 Å². The van der Waals surface area contributed by atoms with Gasteiger partial charge in [-0.2, -0.15) is 5.26 Å². The zero-order valence-electron chi connectivity index (χ0n) is 8.23. The zero-order chi connectivity index (χ0) is 13.5. The molecule has 0 fully saturated rings. The van der Waals surface area contributed by atoms with Gasteiger partial charge >= 0.3 is 12.5 Å². The number of benzene rings is 1. The van der Waals surface area contributed by atoms with Gasteiger partial charge in [0.05, 0.1) is 5.56 Å². The Kier molecular flexibility index (Phi) is 5.33. The van der Waals surface area contributed by atoms with Crippen molar-refractivity contribution in [1.29, 1.82) is 5.26 Å². The van der Waals surface area contributed by atoms with Crippen LogP contribution < -0.4 is 10.5 Å². The fraction of sp³-hybridized carbons (Fsp3) is 0.111. The number of hydrogen-bond donors (Lipinski definition) is 2. The smallest absolute Gasteiger partial charge is 0.465 e. The maximum absolute atomic E-state index is 11.7. The van der Waals surface area contributed by atoms with E-state index in [0.717, 1.165) is 6.07 Å². The number of rotatable bonds is 1.